The molecule has 1 aliphatic heterocycles. The predicted molar refractivity (Wildman–Crippen MR) is 107 cm³/mol. The first kappa shape index (κ1) is 21.4. The van der Waals surface area contributed by atoms with Crippen LogP contribution in [0.5, 0.6) is 0 Å². The third kappa shape index (κ3) is 5.19. The van der Waals surface area contributed by atoms with Gasteiger partial charge in [-0.1, -0.05) is 30.3 Å². The van der Waals surface area contributed by atoms with Crippen LogP contribution in [0.1, 0.15) is 34.3 Å². The molecule has 1 aliphatic rings. The standard InChI is InChI=1S/C21H24F2N2O3S/c1-15-4-2-3-5-19(15)20(26)24-17-10-12-25(13-11-17)14-16-6-8-18(9-7-16)29(27,28)21(22)23/h2-9,17,21H,10-14H2,1H3,(H,24,26). The molecular formula is C21H24F2N2O3S. The lowest BCUT2D eigenvalue weighted by Gasteiger charge is -2.32. The molecule has 0 radical (unpaired) electrons. The number of nitrogens with zero attached hydrogens (tertiary/aromatic N) is 1. The van der Waals surface area contributed by atoms with E-state index in [2.05, 4.69) is 10.2 Å². The lowest BCUT2D eigenvalue weighted by molar-refractivity contribution is 0.0908. The number of rotatable bonds is 6. The molecule has 156 valence electrons. The number of benzene rings is 2. The Balaban J connectivity index is 1.51. The van der Waals surface area contributed by atoms with Gasteiger partial charge in [-0.25, -0.2) is 8.42 Å². The number of aryl methyl sites for hydroxylation is 1. The maximum absolute atomic E-state index is 12.6. The second kappa shape index (κ2) is 9.00. The molecule has 1 saturated heterocycles. The van der Waals surface area contributed by atoms with E-state index < -0.39 is 15.6 Å². The normalized spacial score (nSPS) is 16.1. The van der Waals surface area contributed by atoms with Gasteiger partial charge in [0.1, 0.15) is 0 Å². The van der Waals surface area contributed by atoms with Gasteiger partial charge >= 0.3 is 5.76 Å². The van der Waals surface area contributed by atoms with Gasteiger partial charge in [0.05, 0.1) is 4.90 Å². The number of carbonyl (C=O) groups is 1. The monoisotopic (exact) mass is 422 g/mol. The fourth-order valence-electron chi connectivity index (χ4n) is 3.47. The van der Waals surface area contributed by atoms with E-state index in [0.717, 1.165) is 37.1 Å². The zero-order chi connectivity index (χ0) is 21.0. The van der Waals surface area contributed by atoms with Crippen molar-refractivity contribution in [3.8, 4) is 0 Å². The van der Waals surface area contributed by atoms with Gasteiger partial charge in [0, 0.05) is 31.2 Å². The molecule has 8 heteroatoms. The van der Waals surface area contributed by atoms with Crippen molar-refractivity contribution in [1.82, 2.24) is 10.2 Å². The molecule has 0 saturated carbocycles. The summed E-state index contributed by atoms with van der Waals surface area (Å²) in [6.07, 6.45) is 1.63. The average Bonchev–Trinajstić information content (AvgIpc) is 2.70. The number of sulfone groups is 1. The molecule has 29 heavy (non-hydrogen) atoms. The summed E-state index contributed by atoms with van der Waals surface area (Å²) in [5.41, 5.74) is 2.49. The number of nitrogens with one attached hydrogen (secondary N) is 1. The van der Waals surface area contributed by atoms with Crippen LogP contribution in [0.2, 0.25) is 0 Å². The smallest absolute Gasteiger partial charge is 0.341 e. The van der Waals surface area contributed by atoms with Crippen molar-refractivity contribution < 1.29 is 22.0 Å². The van der Waals surface area contributed by atoms with Crippen molar-refractivity contribution in [3.05, 3.63) is 65.2 Å². The maximum atomic E-state index is 12.6. The van der Waals surface area contributed by atoms with Gasteiger partial charge in [0.2, 0.25) is 9.84 Å². The molecular weight excluding hydrogens is 398 g/mol. The Bertz CT molecular complexity index is 954. The third-order valence-corrected chi connectivity index (χ3v) is 6.60. The van der Waals surface area contributed by atoms with Crippen LogP contribution in [0.4, 0.5) is 8.78 Å². The van der Waals surface area contributed by atoms with Crippen molar-refractivity contribution in [2.24, 2.45) is 0 Å². The Labute approximate surface area is 169 Å². The van der Waals surface area contributed by atoms with Crippen molar-refractivity contribution in [2.45, 2.75) is 43.0 Å². The lowest BCUT2D eigenvalue weighted by atomic mass is 10.0. The van der Waals surface area contributed by atoms with Gasteiger partial charge in [-0.3, -0.25) is 9.69 Å². The fourth-order valence-corrected chi connectivity index (χ4v) is 4.19. The Hall–Kier alpha value is -2.32. The second-order valence-electron chi connectivity index (χ2n) is 7.29. The average molecular weight is 422 g/mol. The largest absolute Gasteiger partial charge is 0.349 e. The summed E-state index contributed by atoms with van der Waals surface area (Å²) >= 11 is 0. The van der Waals surface area contributed by atoms with E-state index in [4.69, 9.17) is 0 Å². The van der Waals surface area contributed by atoms with Gasteiger partial charge in [0.25, 0.3) is 5.91 Å². The van der Waals surface area contributed by atoms with Crippen LogP contribution in [0.15, 0.2) is 53.4 Å². The highest BCUT2D eigenvalue weighted by Gasteiger charge is 2.26. The van der Waals surface area contributed by atoms with Gasteiger partial charge in [0.15, 0.2) is 0 Å². The van der Waals surface area contributed by atoms with Crippen LogP contribution in [-0.4, -0.2) is 44.1 Å². The first-order valence-electron chi connectivity index (χ1n) is 9.47. The number of alkyl halides is 2. The SMILES string of the molecule is Cc1ccccc1C(=O)NC1CCN(Cc2ccc(S(=O)(=O)C(F)F)cc2)CC1. The minimum atomic E-state index is -4.56. The molecule has 2 aromatic rings. The first-order valence-corrected chi connectivity index (χ1v) is 11.0. The molecule has 1 N–H and O–H groups in total. The summed E-state index contributed by atoms with van der Waals surface area (Å²) in [5, 5.41) is 3.09. The first-order chi connectivity index (χ1) is 13.8. The van der Waals surface area contributed by atoms with Crippen LogP contribution in [-0.2, 0) is 16.4 Å². The highest BCUT2D eigenvalue weighted by molar-refractivity contribution is 7.91. The van der Waals surface area contributed by atoms with Gasteiger partial charge in [-0.15, -0.1) is 0 Å². The summed E-state index contributed by atoms with van der Waals surface area (Å²) in [7, 11) is -4.56. The van der Waals surface area contributed by atoms with E-state index in [0.29, 0.717) is 12.1 Å². The summed E-state index contributed by atoms with van der Waals surface area (Å²) in [6.45, 7) is 4.09. The van der Waals surface area contributed by atoms with E-state index in [1.54, 1.807) is 12.1 Å². The topological polar surface area (TPSA) is 66.5 Å². The molecule has 0 bridgehead atoms. The van der Waals surface area contributed by atoms with Gasteiger partial charge < -0.3 is 5.32 Å². The minimum Gasteiger partial charge on any atom is -0.349 e. The molecule has 0 aliphatic carbocycles. The van der Waals surface area contributed by atoms with Crippen molar-refractivity contribution in [1.29, 1.82) is 0 Å². The Morgan fingerprint density at radius 1 is 1.10 bits per heavy atom. The highest BCUT2D eigenvalue weighted by Crippen LogP contribution is 2.20. The number of halogens is 2. The molecule has 0 spiro atoms. The fraction of sp³-hybridized carbons (Fsp3) is 0.381. The summed E-state index contributed by atoms with van der Waals surface area (Å²) < 4.78 is 48.2. The Morgan fingerprint density at radius 3 is 2.31 bits per heavy atom. The molecule has 3 rings (SSSR count). The van der Waals surface area contributed by atoms with Crippen molar-refractivity contribution in [2.75, 3.05) is 13.1 Å². The molecule has 1 amide bonds. The van der Waals surface area contributed by atoms with E-state index >= 15 is 0 Å². The van der Waals surface area contributed by atoms with E-state index in [1.165, 1.54) is 12.1 Å². The Kier molecular flexibility index (Phi) is 6.64. The molecule has 2 aromatic carbocycles. The van der Waals surface area contributed by atoms with E-state index in [9.17, 15) is 22.0 Å². The highest BCUT2D eigenvalue weighted by atomic mass is 32.2. The van der Waals surface area contributed by atoms with Gasteiger partial charge in [-0.2, -0.15) is 8.78 Å². The van der Waals surface area contributed by atoms with Gasteiger partial charge in [-0.05, 0) is 49.1 Å². The molecule has 0 atom stereocenters. The molecule has 0 unspecified atom stereocenters. The van der Waals surface area contributed by atoms with Crippen LogP contribution in [0.3, 0.4) is 0 Å². The lowest BCUT2D eigenvalue weighted by Crippen LogP contribution is -2.44. The Morgan fingerprint density at radius 2 is 1.72 bits per heavy atom. The molecule has 0 aromatic heterocycles. The van der Waals surface area contributed by atoms with Crippen LogP contribution >= 0.6 is 0 Å². The summed E-state index contributed by atoms with van der Waals surface area (Å²) in [6, 6.07) is 13.2. The minimum absolute atomic E-state index is 0.0580. The number of carbonyl (C=O) groups excluding carboxylic acids is 1. The number of hydrogen-bond donors (Lipinski definition) is 1. The van der Waals surface area contributed by atoms with Crippen molar-refractivity contribution >= 4 is 15.7 Å². The van der Waals surface area contributed by atoms with Crippen LogP contribution in [0, 0.1) is 6.92 Å². The summed E-state index contributed by atoms with van der Waals surface area (Å²) in [4.78, 5) is 14.3. The number of hydrogen-bond acceptors (Lipinski definition) is 4. The second-order valence-corrected chi connectivity index (χ2v) is 9.21. The third-order valence-electron chi connectivity index (χ3n) is 5.21. The van der Waals surface area contributed by atoms with E-state index in [-0.39, 0.29) is 16.8 Å². The quantitative estimate of drug-likeness (QED) is 0.775. The zero-order valence-corrected chi connectivity index (χ0v) is 17.0. The molecule has 1 fully saturated rings. The maximum Gasteiger partial charge on any atom is 0.341 e. The van der Waals surface area contributed by atoms with Crippen molar-refractivity contribution in [3.63, 3.8) is 0 Å². The number of piperidine rings is 1. The zero-order valence-electron chi connectivity index (χ0n) is 16.1. The number of amides is 1. The van der Waals surface area contributed by atoms with Crippen LogP contribution < -0.4 is 5.32 Å². The molecule has 1 heterocycles. The van der Waals surface area contributed by atoms with E-state index in [1.807, 2.05) is 31.2 Å². The number of likely N-dealkylation sites (tertiary alicyclic amines) is 1. The van der Waals surface area contributed by atoms with Crippen LogP contribution in [0.25, 0.3) is 0 Å². The molecule has 5 nitrogen and oxygen atoms in total. The predicted octanol–water partition coefficient (Wildman–Crippen LogP) is 3.39. The summed E-state index contributed by atoms with van der Waals surface area (Å²) in [5.74, 6) is -3.47.